The Labute approximate surface area is 115 Å². The molecule has 0 aliphatic rings. The predicted molar refractivity (Wildman–Crippen MR) is 69.4 cm³/mol. The summed E-state index contributed by atoms with van der Waals surface area (Å²) in [5.74, 6) is -1.19. The molecule has 9 heteroatoms. The first-order chi connectivity index (χ1) is 9.40. The Morgan fingerprint density at radius 2 is 2.15 bits per heavy atom. The normalized spacial score (nSPS) is 11.5. The molecule has 1 aromatic rings. The number of nitro benzene ring substituents is 1. The molecule has 1 rings (SSSR count). The van der Waals surface area contributed by atoms with Crippen LogP contribution in [-0.2, 0) is 14.8 Å². The van der Waals surface area contributed by atoms with Gasteiger partial charge >= 0.3 is 5.69 Å². The van der Waals surface area contributed by atoms with Gasteiger partial charge < -0.3 is 4.74 Å². The number of nitro groups is 1. The Hall–Kier alpha value is -1.58. The maximum absolute atomic E-state index is 13.4. The van der Waals surface area contributed by atoms with Gasteiger partial charge in [0, 0.05) is 19.8 Å². The van der Waals surface area contributed by atoms with Gasteiger partial charge in [-0.3, -0.25) is 10.1 Å². The van der Waals surface area contributed by atoms with E-state index in [0.717, 1.165) is 18.2 Å². The highest BCUT2D eigenvalue weighted by Gasteiger charge is 2.28. The molecule has 0 fully saturated rings. The van der Waals surface area contributed by atoms with Crippen LogP contribution in [0, 0.1) is 15.9 Å². The Kier molecular flexibility index (Phi) is 5.99. The summed E-state index contributed by atoms with van der Waals surface area (Å²) in [6.07, 6.45) is 0.413. The fraction of sp³-hybridized carbons (Fsp3) is 0.455. The zero-order valence-electron chi connectivity index (χ0n) is 10.8. The van der Waals surface area contributed by atoms with E-state index in [0.29, 0.717) is 19.6 Å². The van der Waals surface area contributed by atoms with Crippen molar-refractivity contribution in [1.82, 2.24) is 4.72 Å². The first-order valence-electron chi connectivity index (χ1n) is 5.90. The van der Waals surface area contributed by atoms with Crippen molar-refractivity contribution in [2.24, 2.45) is 0 Å². The second-order valence-electron chi connectivity index (χ2n) is 3.79. The highest BCUT2D eigenvalue weighted by atomic mass is 32.2. The second kappa shape index (κ2) is 7.27. The topological polar surface area (TPSA) is 98.5 Å². The summed E-state index contributed by atoms with van der Waals surface area (Å²) >= 11 is 0. The molecule has 0 unspecified atom stereocenters. The highest BCUT2D eigenvalue weighted by molar-refractivity contribution is 7.89. The van der Waals surface area contributed by atoms with Crippen LogP contribution in [0.3, 0.4) is 0 Å². The molecule has 20 heavy (non-hydrogen) atoms. The smallest absolute Gasteiger partial charge is 0.324 e. The summed E-state index contributed by atoms with van der Waals surface area (Å²) in [6.45, 7) is 2.74. The Morgan fingerprint density at radius 3 is 2.75 bits per heavy atom. The van der Waals surface area contributed by atoms with Gasteiger partial charge in [0.2, 0.25) is 15.8 Å². The number of benzene rings is 1. The fourth-order valence-electron chi connectivity index (χ4n) is 1.49. The summed E-state index contributed by atoms with van der Waals surface area (Å²) in [5, 5.41) is 10.8. The number of rotatable bonds is 8. The molecule has 112 valence electrons. The van der Waals surface area contributed by atoms with E-state index in [2.05, 4.69) is 4.72 Å². The zero-order valence-corrected chi connectivity index (χ0v) is 11.7. The molecule has 0 saturated carbocycles. The monoisotopic (exact) mass is 306 g/mol. The lowest BCUT2D eigenvalue weighted by Gasteiger charge is -2.07. The number of ether oxygens (including phenoxy) is 1. The first kappa shape index (κ1) is 16.5. The van der Waals surface area contributed by atoms with Crippen molar-refractivity contribution in [3.05, 3.63) is 34.1 Å². The van der Waals surface area contributed by atoms with Crippen molar-refractivity contribution < 1.29 is 22.5 Å². The SMILES string of the molecule is CCOCCCNS(=O)(=O)c1cccc(F)c1[N+](=O)[O-]. The van der Waals surface area contributed by atoms with Crippen LogP contribution in [0.5, 0.6) is 0 Å². The van der Waals surface area contributed by atoms with Crippen LogP contribution in [0.25, 0.3) is 0 Å². The summed E-state index contributed by atoms with van der Waals surface area (Å²) in [6, 6.07) is 2.94. The largest absolute Gasteiger partial charge is 0.382 e. The fourth-order valence-corrected chi connectivity index (χ4v) is 2.75. The lowest BCUT2D eigenvalue weighted by Crippen LogP contribution is -2.26. The minimum Gasteiger partial charge on any atom is -0.382 e. The minimum absolute atomic E-state index is 0.0516. The van der Waals surface area contributed by atoms with E-state index < -0.39 is 31.3 Å². The van der Waals surface area contributed by atoms with E-state index in [1.165, 1.54) is 0 Å². The Bertz CT molecular complexity index is 576. The molecule has 1 N–H and O–H groups in total. The molecule has 0 radical (unpaired) electrons. The maximum atomic E-state index is 13.4. The Morgan fingerprint density at radius 1 is 1.45 bits per heavy atom. The molecule has 0 aliphatic carbocycles. The van der Waals surface area contributed by atoms with Gasteiger partial charge in [-0.05, 0) is 25.5 Å². The maximum Gasteiger partial charge on any atom is 0.324 e. The van der Waals surface area contributed by atoms with E-state index in [-0.39, 0.29) is 6.54 Å². The lowest BCUT2D eigenvalue weighted by atomic mass is 10.3. The van der Waals surface area contributed by atoms with Gasteiger partial charge in [-0.1, -0.05) is 6.07 Å². The molecule has 1 aromatic carbocycles. The Balaban J connectivity index is 2.88. The molecule has 0 heterocycles. The van der Waals surface area contributed by atoms with Crippen LogP contribution in [-0.4, -0.2) is 33.1 Å². The van der Waals surface area contributed by atoms with Crippen molar-refractivity contribution in [3.8, 4) is 0 Å². The van der Waals surface area contributed by atoms with Crippen LogP contribution < -0.4 is 4.72 Å². The van der Waals surface area contributed by atoms with E-state index >= 15 is 0 Å². The van der Waals surface area contributed by atoms with E-state index in [4.69, 9.17) is 4.74 Å². The molecule has 0 spiro atoms. The van der Waals surface area contributed by atoms with E-state index in [1.807, 2.05) is 0 Å². The molecular weight excluding hydrogens is 291 g/mol. The minimum atomic E-state index is -4.13. The zero-order chi connectivity index (χ0) is 15.2. The van der Waals surface area contributed by atoms with Crippen molar-refractivity contribution in [3.63, 3.8) is 0 Å². The molecule has 0 amide bonds. The molecule has 7 nitrogen and oxygen atoms in total. The van der Waals surface area contributed by atoms with Gasteiger partial charge in [-0.15, -0.1) is 0 Å². The van der Waals surface area contributed by atoms with Gasteiger partial charge in [0.25, 0.3) is 0 Å². The quantitative estimate of drug-likeness (QED) is 0.445. The van der Waals surface area contributed by atoms with Crippen molar-refractivity contribution in [2.45, 2.75) is 18.2 Å². The molecule has 0 bridgehead atoms. The third-order valence-electron chi connectivity index (χ3n) is 2.38. The van der Waals surface area contributed by atoms with Crippen molar-refractivity contribution in [1.29, 1.82) is 0 Å². The number of nitrogens with zero attached hydrogens (tertiary/aromatic N) is 1. The van der Waals surface area contributed by atoms with Crippen LogP contribution in [0.1, 0.15) is 13.3 Å². The van der Waals surface area contributed by atoms with E-state index in [1.54, 1.807) is 6.92 Å². The average Bonchev–Trinajstić information content (AvgIpc) is 2.37. The summed E-state index contributed by atoms with van der Waals surface area (Å²) in [7, 11) is -4.13. The molecular formula is C11H15FN2O5S. The van der Waals surface area contributed by atoms with Crippen molar-refractivity contribution in [2.75, 3.05) is 19.8 Å². The predicted octanol–water partition coefficient (Wildman–Crippen LogP) is 1.44. The third-order valence-corrected chi connectivity index (χ3v) is 3.88. The molecule has 0 aliphatic heterocycles. The van der Waals surface area contributed by atoms with Gasteiger partial charge in [-0.2, -0.15) is 4.39 Å². The summed E-state index contributed by atoms with van der Waals surface area (Å²) < 4.78 is 44.4. The number of para-hydroxylation sites is 1. The first-order valence-corrected chi connectivity index (χ1v) is 7.38. The number of hydrogen-bond acceptors (Lipinski definition) is 5. The van der Waals surface area contributed by atoms with Crippen LogP contribution in [0.15, 0.2) is 23.1 Å². The highest BCUT2D eigenvalue weighted by Crippen LogP contribution is 2.26. The van der Waals surface area contributed by atoms with Gasteiger partial charge in [0.15, 0.2) is 4.90 Å². The number of hydrogen-bond donors (Lipinski definition) is 1. The number of sulfonamides is 1. The molecule has 0 saturated heterocycles. The van der Waals surface area contributed by atoms with Crippen LogP contribution in [0.4, 0.5) is 10.1 Å². The third kappa shape index (κ3) is 4.22. The summed E-state index contributed by atoms with van der Waals surface area (Å²) in [5.41, 5.74) is -1.05. The standard InChI is InChI=1S/C11H15FN2O5S/c1-2-19-8-4-7-13-20(17,18)10-6-3-5-9(12)11(10)14(15)16/h3,5-6,13H,2,4,7-8H2,1H3. The van der Waals surface area contributed by atoms with Gasteiger partial charge in [0.05, 0.1) is 4.92 Å². The van der Waals surface area contributed by atoms with E-state index in [9.17, 15) is 22.9 Å². The second-order valence-corrected chi connectivity index (χ2v) is 5.53. The van der Waals surface area contributed by atoms with Crippen molar-refractivity contribution >= 4 is 15.7 Å². The van der Waals surface area contributed by atoms with Gasteiger partial charge in [-0.25, -0.2) is 13.1 Å². The molecule has 0 atom stereocenters. The average molecular weight is 306 g/mol. The lowest BCUT2D eigenvalue weighted by molar-refractivity contribution is -0.390. The summed E-state index contributed by atoms with van der Waals surface area (Å²) in [4.78, 5) is 9.02. The van der Waals surface area contributed by atoms with Gasteiger partial charge in [0.1, 0.15) is 0 Å². The number of halogens is 1. The van der Waals surface area contributed by atoms with Crippen LogP contribution >= 0.6 is 0 Å². The number of nitrogens with one attached hydrogen (secondary N) is 1. The molecule has 0 aromatic heterocycles. The van der Waals surface area contributed by atoms with Crippen LogP contribution in [0.2, 0.25) is 0 Å².